The summed E-state index contributed by atoms with van der Waals surface area (Å²) in [5, 5.41) is 1.12. The topological polar surface area (TPSA) is 29.3 Å². The highest BCUT2D eigenvalue weighted by Gasteiger charge is 2.12. The fourth-order valence-corrected chi connectivity index (χ4v) is 2.95. The second kappa shape index (κ2) is 6.04. The van der Waals surface area contributed by atoms with E-state index in [-0.39, 0.29) is 0 Å². The van der Waals surface area contributed by atoms with Gasteiger partial charge in [0.2, 0.25) is 0 Å². The predicted octanol–water partition coefficient (Wildman–Crippen LogP) is 4.97. The lowest BCUT2D eigenvalue weighted by Gasteiger charge is -2.22. The van der Waals surface area contributed by atoms with Gasteiger partial charge in [0, 0.05) is 23.8 Å². The smallest absolute Gasteiger partial charge is 0.0746 e. The van der Waals surface area contributed by atoms with Gasteiger partial charge in [-0.2, -0.15) is 0 Å². The molecule has 2 N–H and O–H groups in total. The molecule has 0 bridgehead atoms. The van der Waals surface area contributed by atoms with Crippen molar-refractivity contribution in [2.24, 2.45) is 0 Å². The molecule has 100 valence electrons. The van der Waals surface area contributed by atoms with E-state index >= 15 is 0 Å². The third-order valence-corrected chi connectivity index (χ3v) is 3.86. The fourth-order valence-electron chi connectivity index (χ4n) is 1.89. The molecule has 0 aliphatic heterocycles. The van der Waals surface area contributed by atoms with Crippen LogP contribution in [0.15, 0.2) is 40.9 Å². The van der Waals surface area contributed by atoms with E-state index in [0.717, 1.165) is 16.7 Å². The maximum atomic E-state index is 6.21. The minimum atomic E-state index is 0.560. The molecule has 0 saturated carbocycles. The predicted molar refractivity (Wildman–Crippen MR) is 87.1 cm³/mol. The average Bonchev–Trinajstić information content (AvgIpc) is 2.30. The van der Waals surface area contributed by atoms with Gasteiger partial charge >= 0.3 is 0 Å². The van der Waals surface area contributed by atoms with Crippen LogP contribution in [0.2, 0.25) is 10.0 Å². The average molecular weight is 360 g/mol. The van der Waals surface area contributed by atoms with Crippen LogP contribution < -0.4 is 10.6 Å². The van der Waals surface area contributed by atoms with Crippen LogP contribution in [-0.4, -0.2) is 7.05 Å². The summed E-state index contributed by atoms with van der Waals surface area (Å²) in [5.41, 5.74) is 8.24. The van der Waals surface area contributed by atoms with Crippen molar-refractivity contribution in [3.8, 4) is 0 Å². The Morgan fingerprint density at radius 1 is 1.11 bits per heavy atom. The molecule has 0 aliphatic rings. The highest BCUT2D eigenvalue weighted by molar-refractivity contribution is 9.10. The highest BCUT2D eigenvalue weighted by Crippen LogP contribution is 2.35. The fraction of sp³-hybridized carbons (Fsp3) is 0.143. The van der Waals surface area contributed by atoms with Crippen LogP contribution in [0.4, 0.5) is 11.4 Å². The molecule has 0 spiro atoms. The summed E-state index contributed by atoms with van der Waals surface area (Å²) < 4.78 is 1.06. The zero-order chi connectivity index (χ0) is 14.0. The lowest BCUT2D eigenvalue weighted by Crippen LogP contribution is -2.17. The summed E-state index contributed by atoms with van der Waals surface area (Å²) in [5.74, 6) is 0. The molecule has 2 rings (SSSR count). The summed E-state index contributed by atoms with van der Waals surface area (Å²) in [4.78, 5) is 2.01. The highest BCUT2D eigenvalue weighted by atomic mass is 79.9. The third kappa shape index (κ3) is 3.56. The lowest BCUT2D eigenvalue weighted by molar-refractivity contribution is 0.923. The number of nitrogens with zero attached hydrogens (tertiary/aromatic N) is 1. The second-order valence-corrected chi connectivity index (χ2v) is 6.05. The summed E-state index contributed by atoms with van der Waals surface area (Å²) in [6, 6.07) is 11.5. The summed E-state index contributed by atoms with van der Waals surface area (Å²) >= 11 is 15.8. The van der Waals surface area contributed by atoms with E-state index in [1.165, 1.54) is 5.56 Å². The van der Waals surface area contributed by atoms with E-state index in [4.69, 9.17) is 28.9 Å². The number of rotatable bonds is 3. The number of hydrogen-bond acceptors (Lipinski definition) is 2. The van der Waals surface area contributed by atoms with Crippen LogP contribution in [0.25, 0.3) is 0 Å². The van der Waals surface area contributed by atoms with E-state index in [1.54, 1.807) is 12.1 Å². The molecule has 2 aromatic carbocycles. The Bertz CT molecular complexity index is 561. The first kappa shape index (κ1) is 14.5. The normalized spacial score (nSPS) is 10.5. The second-order valence-electron chi connectivity index (χ2n) is 4.32. The van der Waals surface area contributed by atoms with Gasteiger partial charge < -0.3 is 10.6 Å². The zero-order valence-corrected chi connectivity index (χ0v) is 13.4. The Kier molecular flexibility index (Phi) is 4.61. The minimum absolute atomic E-state index is 0.560. The Balaban J connectivity index is 2.25. The van der Waals surface area contributed by atoms with Gasteiger partial charge in [0.15, 0.2) is 0 Å². The van der Waals surface area contributed by atoms with E-state index in [9.17, 15) is 0 Å². The van der Waals surface area contributed by atoms with E-state index < -0.39 is 0 Å². The van der Waals surface area contributed by atoms with Crippen LogP contribution in [0.5, 0.6) is 0 Å². The van der Waals surface area contributed by atoms with Crippen LogP contribution in [-0.2, 0) is 6.54 Å². The molecule has 0 amide bonds. The first-order valence-electron chi connectivity index (χ1n) is 5.67. The van der Waals surface area contributed by atoms with Crippen molar-refractivity contribution in [1.82, 2.24) is 0 Å². The maximum absolute atomic E-state index is 6.21. The van der Waals surface area contributed by atoms with Crippen LogP contribution >= 0.6 is 39.1 Å². The van der Waals surface area contributed by atoms with Crippen LogP contribution in [0, 0.1) is 0 Å². The van der Waals surface area contributed by atoms with Crippen LogP contribution in [0.1, 0.15) is 5.56 Å². The molecule has 0 aliphatic carbocycles. The number of benzene rings is 2. The molecule has 0 heterocycles. The molecule has 0 saturated heterocycles. The van der Waals surface area contributed by atoms with Crippen molar-refractivity contribution in [3.63, 3.8) is 0 Å². The molecule has 0 fully saturated rings. The largest absolute Gasteiger partial charge is 0.399 e. The van der Waals surface area contributed by atoms with Gasteiger partial charge in [0.05, 0.1) is 15.7 Å². The number of nitrogen functional groups attached to an aromatic ring is 1. The minimum Gasteiger partial charge on any atom is -0.399 e. The first-order chi connectivity index (χ1) is 8.97. The number of hydrogen-bond donors (Lipinski definition) is 1. The van der Waals surface area contributed by atoms with Gasteiger partial charge in [-0.05, 0) is 29.8 Å². The lowest BCUT2D eigenvalue weighted by atomic mass is 10.2. The monoisotopic (exact) mass is 358 g/mol. The Labute approximate surface area is 131 Å². The van der Waals surface area contributed by atoms with Crippen molar-refractivity contribution in [1.29, 1.82) is 0 Å². The maximum Gasteiger partial charge on any atom is 0.0746 e. The zero-order valence-electron chi connectivity index (χ0n) is 10.3. The van der Waals surface area contributed by atoms with Gasteiger partial charge in [-0.3, -0.25) is 0 Å². The van der Waals surface area contributed by atoms with Crippen molar-refractivity contribution >= 4 is 50.5 Å². The van der Waals surface area contributed by atoms with Gasteiger partial charge in [-0.15, -0.1) is 0 Å². The number of halogens is 3. The number of anilines is 2. The Morgan fingerprint density at radius 2 is 1.63 bits per heavy atom. The summed E-state index contributed by atoms with van der Waals surface area (Å²) in [6.45, 7) is 0.719. The number of nitrogens with two attached hydrogens (primary N) is 1. The molecule has 0 aromatic heterocycles. The van der Waals surface area contributed by atoms with E-state index in [1.807, 2.05) is 24.1 Å². The molecule has 2 aromatic rings. The van der Waals surface area contributed by atoms with E-state index in [0.29, 0.717) is 15.7 Å². The summed E-state index contributed by atoms with van der Waals surface area (Å²) in [6.07, 6.45) is 0. The summed E-state index contributed by atoms with van der Waals surface area (Å²) in [7, 11) is 1.95. The van der Waals surface area contributed by atoms with Crippen molar-refractivity contribution in [2.45, 2.75) is 6.54 Å². The van der Waals surface area contributed by atoms with Crippen molar-refractivity contribution < 1.29 is 0 Å². The van der Waals surface area contributed by atoms with Gasteiger partial charge in [-0.1, -0.05) is 51.3 Å². The molecule has 0 radical (unpaired) electrons. The molecule has 19 heavy (non-hydrogen) atoms. The van der Waals surface area contributed by atoms with Gasteiger partial charge in [0.1, 0.15) is 0 Å². The third-order valence-electron chi connectivity index (χ3n) is 2.75. The van der Waals surface area contributed by atoms with Gasteiger partial charge in [0.25, 0.3) is 0 Å². The quantitative estimate of drug-likeness (QED) is 0.783. The SMILES string of the molecule is CN(Cc1ccc(Br)cc1)c1c(Cl)cc(N)cc1Cl. The molecular formula is C14H13BrCl2N2. The van der Waals surface area contributed by atoms with E-state index in [2.05, 4.69) is 28.1 Å². The van der Waals surface area contributed by atoms with Crippen molar-refractivity contribution in [2.75, 3.05) is 17.7 Å². The Hall–Kier alpha value is -0.900. The standard InChI is InChI=1S/C14H13BrCl2N2/c1-19(8-9-2-4-10(15)5-3-9)14-12(16)6-11(18)7-13(14)17/h2-7H,8,18H2,1H3. The van der Waals surface area contributed by atoms with Crippen LogP contribution in [0.3, 0.4) is 0 Å². The molecule has 0 unspecified atom stereocenters. The van der Waals surface area contributed by atoms with Crippen molar-refractivity contribution in [3.05, 3.63) is 56.5 Å². The van der Waals surface area contributed by atoms with Gasteiger partial charge in [-0.25, -0.2) is 0 Å². The Morgan fingerprint density at radius 3 is 2.16 bits per heavy atom. The molecular weight excluding hydrogens is 347 g/mol. The molecule has 5 heteroatoms. The molecule has 2 nitrogen and oxygen atoms in total. The first-order valence-corrected chi connectivity index (χ1v) is 7.22. The molecule has 0 atom stereocenters.